The normalized spacial score (nSPS) is 10.5. The molecule has 2 aromatic heterocycles. The van der Waals surface area contributed by atoms with Crippen molar-refractivity contribution in [3.63, 3.8) is 0 Å². The van der Waals surface area contributed by atoms with Crippen molar-refractivity contribution in [2.75, 3.05) is 10.6 Å². The number of hydrogen-bond acceptors (Lipinski definition) is 6. The van der Waals surface area contributed by atoms with Crippen LogP contribution in [0.25, 0.3) is 0 Å². The molecule has 0 unspecified atom stereocenters. The smallest absolute Gasteiger partial charge is 0.225 e. The molecule has 0 aliphatic rings. The Balaban J connectivity index is 1.52. The molecule has 6 nitrogen and oxygen atoms in total. The molecule has 0 atom stereocenters. The molecule has 4 aromatic rings. The van der Waals surface area contributed by atoms with Gasteiger partial charge >= 0.3 is 0 Å². The predicted octanol–water partition coefficient (Wildman–Crippen LogP) is 5.53. The molecule has 6 heteroatoms. The van der Waals surface area contributed by atoms with Crippen LogP contribution in [-0.4, -0.2) is 9.97 Å². The molecule has 140 valence electrons. The lowest BCUT2D eigenvalue weighted by Crippen LogP contribution is -2.06. The summed E-state index contributed by atoms with van der Waals surface area (Å²) in [6, 6.07) is 23.1. The van der Waals surface area contributed by atoms with Gasteiger partial charge in [0.25, 0.3) is 0 Å². The van der Waals surface area contributed by atoms with E-state index in [0.29, 0.717) is 18.3 Å². The molecular weight excluding hydrogens is 352 g/mol. The van der Waals surface area contributed by atoms with Crippen molar-refractivity contribution in [1.29, 1.82) is 0 Å². The minimum absolute atomic E-state index is 0.517. The van der Waals surface area contributed by atoms with Gasteiger partial charge in [-0.2, -0.15) is 4.98 Å². The van der Waals surface area contributed by atoms with E-state index in [1.807, 2.05) is 79.7 Å². The van der Waals surface area contributed by atoms with Crippen LogP contribution in [0.5, 0.6) is 11.5 Å². The van der Waals surface area contributed by atoms with Crippen LogP contribution in [0.15, 0.2) is 83.5 Å². The number of para-hydroxylation sites is 3. The van der Waals surface area contributed by atoms with Gasteiger partial charge in [0.15, 0.2) is 5.75 Å². The molecule has 0 spiro atoms. The van der Waals surface area contributed by atoms with E-state index in [4.69, 9.17) is 9.15 Å². The zero-order valence-electron chi connectivity index (χ0n) is 15.4. The number of nitrogens with one attached hydrogen (secondary N) is 2. The molecule has 0 fully saturated rings. The van der Waals surface area contributed by atoms with Gasteiger partial charge in [0.05, 0.1) is 18.5 Å². The summed E-state index contributed by atoms with van der Waals surface area (Å²) in [5.41, 5.74) is 1.67. The van der Waals surface area contributed by atoms with Crippen molar-refractivity contribution >= 4 is 17.5 Å². The van der Waals surface area contributed by atoms with E-state index in [1.54, 1.807) is 6.26 Å². The minimum atomic E-state index is 0.517. The van der Waals surface area contributed by atoms with E-state index in [2.05, 4.69) is 20.6 Å². The van der Waals surface area contributed by atoms with Crippen LogP contribution < -0.4 is 15.4 Å². The highest BCUT2D eigenvalue weighted by atomic mass is 16.5. The van der Waals surface area contributed by atoms with E-state index in [1.165, 1.54) is 0 Å². The molecule has 2 heterocycles. The van der Waals surface area contributed by atoms with E-state index in [9.17, 15) is 0 Å². The number of rotatable bonds is 7. The molecule has 2 N–H and O–H groups in total. The number of furan rings is 1. The highest BCUT2D eigenvalue weighted by Crippen LogP contribution is 2.31. The highest BCUT2D eigenvalue weighted by molar-refractivity contribution is 5.65. The fraction of sp³-hybridized carbons (Fsp3) is 0.0909. The highest BCUT2D eigenvalue weighted by Gasteiger charge is 2.08. The van der Waals surface area contributed by atoms with Gasteiger partial charge in [0, 0.05) is 11.8 Å². The average molecular weight is 372 g/mol. The zero-order valence-corrected chi connectivity index (χ0v) is 15.4. The molecule has 28 heavy (non-hydrogen) atoms. The first-order valence-electron chi connectivity index (χ1n) is 8.97. The van der Waals surface area contributed by atoms with E-state index < -0.39 is 0 Å². The maximum Gasteiger partial charge on any atom is 0.225 e. The Morgan fingerprint density at radius 2 is 1.75 bits per heavy atom. The maximum absolute atomic E-state index is 6.00. The van der Waals surface area contributed by atoms with Gasteiger partial charge < -0.3 is 19.8 Å². The third-order valence-corrected chi connectivity index (χ3v) is 3.98. The lowest BCUT2D eigenvalue weighted by atomic mass is 10.2. The standard InChI is InChI=1S/C22H20N4O2/c1-16-14-21(26-22(24-16)23-15-18-10-7-13-27-18)25-19-11-5-6-12-20(19)28-17-8-3-2-4-9-17/h2-14H,15H2,1H3,(H2,23,24,25,26). The first-order chi connectivity index (χ1) is 13.8. The van der Waals surface area contributed by atoms with Crippen LogP contribution in [0.4, 0.5) is 17.5 Å². The molecule has 0 amide bonds. The monoisotopic (exact) mass is 372 g/mol. The van der Waals surface area contributed by atoms with E-state index >= 15 is 0 Å². The third-order valence-electron chi connectivity index (χ3n) is 3.98. The maximum atomic E-state index is 6.00. The summed E-state index contributed by atoms with van der Waals surface area (Å²) in [6.07, 6.45) is 1.64. The van der Waals surface area contributed by atoms with Crippen molar-refractivity contribution in [2.24, 2.45) is 0 Å². The molecule has 0 bridgehead atoms. The lowest BCUT2D eigenvalue weighted by Gasteiger charge is -2.13. The summed E-state index contributed by atoms with van der Waals surface area (Å²) < 4.78 is 11.3. The number of aromatic nitrogens is 2. The molecule has 0 aliphatic heterocycles. The summed E-state index contributed by atoms with van der Waals surface area (Å²) in [7, 11) is 0. The van der Waals surface area contributed by atoms with Crippen LogP contribution >= 0.6 is 0 Å². The number of nitrogens with zero attached hydrogens (tertiary/aromatic N) is 2. The van der Waals surface area contributed by atoms with Crippen molar-refractivity contribution in [3.8, 4) is 11.5 Å². The Morgan fingerprint density at radius 1 is 0.929 bits per heavy atom. The zero-order chi connectivity index (χ0) is 19.2. The molecular formula is C22H20N4O2. The van der Waals surface area contributed by atoms with Crippen molar-refractivity contribution in [1.82, 2.24) is 9.97 Å². The number of anilines is 3. The first kappa shape index (κ1) is 17.6. The lowest BCUT2D eigenvalue weighted by molar-refractivity contribution is 0.485. The second kappa shape index (κ2) is 8.26. The van der Waals surface area contributed by atoms with Crippen LogP contribution in [0.2, 0.25) is 0 Å². The topological polar surface area (TPSA) is 72.2 Å². The second-order valence-corrected chi connectivity index (χ2v) is 6.19. The number of aryl methyl sites for hydroxylation is 1. The van der Waals surface area contributed by atoms with Gasteiger partial charge in [-0.15, -0.1) is 0 Å². The summed E-state index contributed by atoms with van der Waals surface area (Å²) >= 11 is 0. The number of benzene rings is 2. The summed E-state index contributed by atoms with van der Waals surface area (Å²) in [4.78, 5) is 8.98. The van der Waals surface area contributed by atoms with Gasteiger partial charge in [-0.1, -0.05) is 30.3 Å². The summed E-state index contributed by atoms with van der Waals surface area (Å²) in [6.45, 7) is 2.45. The van der Waals surface area contributed by atoms with Crippen LogP contribution in [-0.2, 0) is 6.54 Å². The van der Waals surface area contributed by atoms with Crippen LogP contribution in [0.1, 0.15) is 11.5 Å². The van der Waals surface area contributed by atoms with Gasteiger partial charge in [-0.25, -0.2) is 4.98 Å². The third kappa shape index (κ3) is 4.48. The Labute approximate surface area is 163 Å². The van der Waals surface area contributed by atoms with E-state index in [-0.39, 0.29) is 0 Å². The second-order valence-electron chi connectivity index (χ2n) is 6.19. The Bertz CT molecular complexity index is 1030. The molecule has 0 saturated heterocycles. The fourth-order valence-electron chi connectivity index (χ4n) is 2.70. The molecule has 0 aliphatic carbocycles. The summed E-state index contributed by atoms with van der Waals surface area (Å²) in [5.74, 6) is 3.52. The Kier molecular flexibility index (Phi) is 5.20. The Hall–Kier alpha value is -3.80. The minimum Gasteiger partial charge on any atom is -0.467 e. The van der Waals surface area contributed by atoms with Crippen LogP contribution in [0, 0.1) is 6.92 Å². The van der Waals surface area contributed by atoms with Crippen molar-refractivity contribution < 1.29 is 9.15 Å². The van der Waals surface area contributed by atoms with Crippen molar-refractivity contribution in [2.45, 2.75) is 13.5 Å². The van der Waals surface area contributed by atoms with Crippen molar-refractivity contribution in [3.05, 3.63) is 90.5 Å². The molecule has 0 radical (unpaired) electrons. The van der Waals surface area contributed by atoms with Gasteiger partial charge in [-0.05, 0) is 43.3 Å². The van der Waals surface area contributed by atoms with Crippen LogP contribution in [0.3, 0.4) is 0 Å². The van der Waals surface area contributed by atoms with Gasteiger partial charge in [-0.3, -0.25) is 0 Å². The van der Waals surface area contributed by atoms with Gasteiger partial charge in [0.2, 0.25) is 5.95 Å². The fourth-order valence-corrected chi connectivity index (χ4v) is 2.70. The predicted molar refractivity (Wildman–Crippen MR) is 109 cm³/mol. The van der Waals surface area contributed by atoms with Gasteiger partial charge in [0.1, 0.15) is 17.3 Å². The molecule has 2 aromatic carbocycles. The Morgan fingerprint density at radius 3 is 2.57 bits per heavy atom. The largest absolute Gasteiger partial charge is 0.467 e. The quantitative estimate of drug-likeness (QED) is 0.445. The number of hydrogen-bond donors (Lipinski definition) is 2. The average Bonchev–Trinajstić information content (AvgIpc) is 3.22. The number of ether oxygens (including phenoxy) is 1. The molecule has 4 rings (SSSR count). The van der Waals surface area contributed by atoms with E-state index in [0.717, 1.165) is 28.6 Å². The first-order valence-corrected chi connectivity index (χ1v) is 8.97. The SMILES string of the molecule is Cc1cc(Nc2ccccc2Oc2ccccc2)nc(NCc2ccco2)n1. The summed E-state index contributed by atoms with van der Waals surface area (Å²) in [5, 5.41) is 6.51. The molecule has 0 saturated carbocycles.